The first-order valence-electron chi connectivity index (χ1n) is 7.36. The molecule has 140 valence electrons. The van der Waals surface area contributed by atoms with E-state index in [9.17, 15) is 26.7 Å². The zero-order valence-corrected chi connectivity index (χ0v) is 13.5. The van der Waals surface area contributed by atoms with Gasteiger partial charge in [-0.2, -0.15) is 18.4 Å². The molecular weight excluding hydrogens is 371 g/mol. The van der Waals surface area contributed by atoms with Gasteiger partial charge in [-0.1, -0.05) is 6.07 Å². The third-order valence-electron chi connectivity index (χ3n) is 3.16. The topological polar surface area (TPSA) is 62.1 Å². The van der Waals surface area contributed by atoms with Crippen molar-refractivity contribution in [2.75, 3.05) is 11.9 Å². The number of alkyl halides is 3. The van der Waals surface area contributed by atoms with E-state index in [1.165, 1.54) is 12.1 Å². The monoisotopic (exact) mass is 382 g/mol. The lowest BCUT2D eigenvalue weighted by Gasteiger charge is -2.11. The molecule has 9 heteroatoms. The summed E-state index contributed by atoms with van der Waals surface area (Å²) in [5, 5.41) is 11.3. The summed E-state index contributed by atoms with van der Waals surface area (Å²) in [6, 6.07) is 8.32. The third kappa shape index (κ3) is 5.81. The SMILES string of the molecule is N#Cc1cc(NC(=O)C=Cc2c(F)cccc2F)ccc1OCC(F)(F)F. The Morgan fingerprint density at radius 1 is 1.19 bits per heavy atom. The molecule has 0 bridgehead atoms. The van der Waals surface area contributed by atoms with Gasteiger partial charge in [0.1, 0.15) is 23.5 Å². The average Bonchev–Trinajstić information content (AvgIpc) is 2.59. The highest BCUT2D eigenvalue weighted by molar-refractivity contribution is 6.02. The minimum absolute atomic E-state index is 0.0922. The molecule has 0 unspecified atom stereocenters. The number of nitrogens with one attached hydrogen (secondary N) is 1. The smallest absolute Gasteiger partial charge is 0.422 e. The highest BCUT2D eigenvalue weighted by Gasteiger charge is 2.28. The van der Waals surface area contributed by atoms with Gasteiger partial charge in [-0.05, 0) is 36.4 Å². The summed E-state index contributed by atoms with van der Waals surface area (Å²) >= 11 is 0. The fourth-order valence-electron chi connectivity index (χ4n) is 1.99. The van der Waals surface area contributed by atoms with Gasteiger partial charge < -0.3 is 10.1 Å². The van der Waals surface area contributed by atoms with E-state index in [0.29, 0.717) is 0 Å². The van der Waals surface area contributed by atoms with E-state index in [1.54, 1.807) is 6.07 Å². The lowest BCUT2D eigenvalue weighted by molar-refractivity contribution is -0.153. The second kappa shape index (κ2) is 8.31. The van der Waals surface area contributed by atoms with Crippen molar-refractivity contribution in [2.24, 2.45) is 0 Å². The van der Waals surface area contributed by atoms with Crippen LogP contribution in [0.25, 0.3) is 6.08 Å². The standard InChI is InChI=1S/C18H11F5N2O2/c19-14-2-1-3-15(20)13(14)5-7-17(26)25-12-4-6-16(11(8-12)9-24)27-10-18(21,22)23/h1-8H,10H2,(H,25,26). The predicted molar refractivity (Wildman–Crippen MR) is 86.7 cm³/mol. The molecule has 0 fully saturated rings. The van der Waals surface area contributed by atoms with E-state index >= 15 is 0 Å². The maximum Gasteiger partial charge on any atom is 0.422 e. The first-order valence-corrected chi connectivity index (χ1v) is 7.36. The van der Waals surface area contributed by atoms with Gasteiger partial charge in [-0.3, -0.25) is 4.79 Å². The van der Waals surface area contributed by atoms with Crippen LogP contribution in [0.2, 0.25) is 0 Å². The highest BCUT2D eigenvalue weighted by Crippen LogP contribution is 2.25. The van der Waals surface area contributed by atoms with Crippen LogP contribution in [0.5, 0.6) is 5.75 Å². The summed E-state index contributed by atoms with van der Waals surface area (Å²) in [5.41, 5.74) is -0.531. The van der Waals surface area contributed by atoms with Gasteiger partial charge in [-0.25, -0.2) is 8.78 Å². The molecule has 2 rings (SSSR count). The number of hydrogen-bond donors (Lipinski definition) is 1. The fraction of sp³-hybridized carbons (Fsp3) is 0.111. The predicted octanol–water partition coefficient (Wildman–Crippen LogP) is 4.43. The first-order chi connectivity index (χ1) is 12.7. The quantitative estimate of drug-likeness (QED) is 0.615. The van der Waals surface area contributed by atoms with E-state index in [2.05, 4.69) is 10.1 Å². The van der Waals surface area contributed by atoms with E-state index < -0.39 is 35.9 Å². The van der Waals surface area contributed by atoms with Crippen LogP contribution in [0.3, 0.4) is 0 Å². The van der Waals surface area contributed by atoms with Gasteiger partial charge in [0.15, 0.2) is 6.61 Å². The number of carbonyl (C=O) groups excluding carboxylic acids is 1. The van der Waals surface area contributed by atoms with Crippen LogP contribution in [0.15, 0.2) is 42.5 Å². The Hall–Kier alpha value is -3.41. The second-order valence-electron chi connectivity index (χ2n) is 5.18. The van der Waals surface area contributed by atoms with Crippen molar-refractivity contribution in [1.82, 2.24) is 0 Å². The number of nitriles is 1. The molecule has 0 saturated carbocycles. The number of carbonyl (C=O) groups is 1. The molecule has 0 heterocycles. The number of anilines is 1. The number of ether oxygens (including phenoxy) is 1. The zero-order valence-electron chi connectivity index (χ0n) is 13.5. The summed E-state index contributed by atoms with van der Waals surface area (Å²) in [5.74, 6) is -2.75. The zero-order chi connectivity index (χ0) is 20.0. The molecule has 0 aliphatic carbocycles. The van der Waals surface area contributed by atoms with Crippen molar-refractivity contribution in [3.05, 3.63) is 65.2 Å². The van der Waals surface area contributed by atoms with Crippen LogP contribution < -0.4 is 10.1 Å². The molecule has 4 nitrogen and oxygen atoms in total. The molecule has 2 aromatic rings. The number of benzene rings is 2. The Balaban J connectivity index is 2.10. The van der Waals surface area contributed by atoms with Crippen molar-refractivity contribution in [3.8, 4) is 11.8 Å². The van der Waals surface area contributed by atoms with E-state index in [1.807, 2.05) is 0 Å². The summed E-state index contributed by atoms with van der Waals surface area (Å²) in [7, 11) is 0. The minimum atomic E-state index is -4.56. The highest BCUT2D eigenvalue weighted by atomic mass is 19.4. The fourth-order valence-corrected chi connectivity index (χ4v) is 1.99. The summed E-state index contributed by atoms with van der Waals surface area (Å²) < 4.78 is 68.0. The van der Waals surface area contributed by atoms with Gasteiger partial charge in [0, 0.05) is 17.3 Å². The van der Waals surface area contributed by atoms with E-state index in [0.717, 1.165) is 36.4 Å². The number of nitrogens with zero attached hydrogens (tertiary/aromatic N) is 1. The Morgan fingerprint density at radius 2 is 1.85 bits per heavy atom. The third-order valence-corrected chi connectivity index (χ3v) is 3.16. The largest absolute Gasteiger partial charge is 0.483 e. The number of halogens is 5. The van der Waals surface area contributed by atoms with Gasteiger partial charge in [0.25, 0.3) is 0 Å². The molecule has 0 saturated heterocycles. The molecule has 2 aromatic carbocycles. The van der Waals surface area contributed by atoms with E-state index in [4.69, 9.17) is 5.26 Å². The second-order valence-corrected chi connectivity index (χ2v) is 5.18. The maximum atomic E-state index is 13.5. The van der Waals surface area contributed by atoms with Crippen molar-refractivity contribution in [2.45, 2.75) is 6.18 Å². The van der Waals surface area contributed by atoms with E-state index in [-0.39, 0.29) is 17.0 Å². The number of amides is 1. The average molecular weight is 382 g/mol. The number of hydrogen-bond acceptors (Lipinski definition) is 3. The molecule has 1 N–H and O–H groups in total. The maximum absolute atomic E-state index is 13.5. The lowest BCUT2D eigenvalue weighted by Crippen LogP contribution is -2.19. The Bertz CT molecular complexity index is 897. The molecule has 0 aliphatic heterocycles. The minimum Gasteiger partial charge on any atom is -0.483 e. The lowest BCUT2D eigenvalue weighted by atomic mass is 10.1. The van der Waals surface area contributed by atoms with Crippen LogP contribution in [-0.2, 0) is 4.79 Å². The van der Waals surface area contributed by atoms with Gasteiger partial charge in [0.05, 0.1) is 5.56 Å². The first kappa shape index (κ1) is 19.9. The van der Waals surface area contributed by atoms with Gasteiger partial charge >= 0.3 is 6.18 Å². The van der Waals surface area contributed by atoms with Crippen LogP contribution >= 0.6 is 0 Å². The molecule has 0 atom stereocenters. The summed E-state index contributed by atoms with van der Waals surface area (Å²) in [6.07, 6.45) is -2.75. The molecule has 0 aromatic heterocycles. The normalized spacial score (nSPS) is 11.3. The Kier molecular flexibility index (Phi) is 6.13. The molecular formula is C18H11F5N2O2. The van der Waals surface area contributed by atoms with Crippen LogP contribution in [-0.4, -0.2) is 18.7 Å². The Labute approximate surface area is 150 Å². The van der Waals surface area contributed by atoms with Crippen LogP contribution in [0.4, 0.5) is 27.6 Å². The summed E-state index contributed by atoms with van der Waals surface area (Å²) in [4.78, 5) is 11.8. The van der Waals surface area contributed by atoms with Gasteiger partial charge in [0.2, 0.25) is 5.91 Å². The van der Waals surface area contributed by atoms with Crippen molar-refractivity contribution in [1.29, 1.82) is 5.26 Å². The van der Waals surface area contributed by atoms with Crippen molar-refractivity contribution in [3.63, 3.8) is 0 Å². The molecule has 0 radical (unpaired) electrons. The molecule has 27 heavy (non-hydrogen) atoms. The molecule has 0 spiro atoms. The van der Waals surface area contributed by atoms with Crippen LogP contribution in [0.1, 0.15) is 11.1 Å². The van der Waals surface area contributed by atoms with Crippen molar-refractivity contribution >= 4 is 17.7 Å². The number of rotatable bonds is 5. The molecule has 0 aliphatic rings. The van der Waals surface area contributed by atoms with Crippen molar-refractivity contribution < 1.29 is 31.5 Å². The van der Waals surface area contributed by atoms with Crippen LogP contribution in [0, 0.1) is 23.0 Å². The Morgan fingerprint density at radius 3 is 2.44 bits per heavy atom. The summed E-state index contributed by atoms with van der Waals surface area (Å²) in [6.45, 7) is -1.57. The molecule has 1 amide bonds. The van der Waals surface area contributed by atoms with Gasteiger partial charge in [-0.15, -0.1) is 0 Å².